The smallest absolute Gasteiger partial charge is 0.439 e. The standard InChI is InChI=1S/C26H21N3O5/c1-14-12-18(16(3)32-20-10-7-11-27-21(20)25-28-26(31)34-29-25)24-19(13-14)22(30)15(2)23(33-24)17-8-5-4-6-9-17/h4-13,16H,1-3H3,(H,28,29,31)/t16-/m1/s1. The Bertz CT molecular complexity index is 1620. The molecule has 0 radical (unpaired) electrons. The summed E-state index contributed by atoms with van der Waals surface area (Å²) in [7, 11) is 0. The van der Waals surface area contributed by atoms with Crippen LogP contribution in [-0.2, 0) is 0 Å². The lowest BCUT2D eigenvalue weighted by atomic mass is 10.00. The summed E-state index contributed by atoms with van der Waals surface area (Å²) >= 11 is 0. The maximum absolute atomic E-state index is 13.3. The van der Waals surface area contributed by atoms with Crippen LogP contribution in [0.4, 0.5) is 0 Å². The van der Waals surface area contributed by atoms with E-state index in [2.05, 4.69) is 19.6 Å². The van der Waals surface area contributed by atoms with E-state index < -0.39 is 11.9 Å². The lowest BCUT2D eigenvalue weighted by molar-refractivity contribution is 0.227. The number of aryl methyl sites for hydroxylation is 1. The van der Waals surface area contributed by atoms with Crippen LogP contribution in [0.1, 0.15) is 29.7 Å². The van der Waals surface area contributed by atoms with Gasteiger partial charge in [-0.15, -0.1) is 0 Å². The zero-order valence-electron chi connectivity index (χ0n) is 18.8. The predicted molar refractivity (Wildman–Crippen MR) is 127 cm³/mol. The topological polar surface area (TPSA) is 111 Å². The van der Waals surface area contributed by atoms with E-state index in [-0.39, 0.29) is 11.3 Å². The van der Waals surface area contributed by atoms with Crippen molar-refractivity contribution in [1.29, 1.82) is 0 Å². The average molecular weight is 455 g/mol. The number of fused-ring (bicyclic) bond motifs is 1. The molecule has 5 rings (SSSR count). The van der Waals surface area contributed by atoms with Gasteiger partial charge in [0.25, 0.3) is 0 Å². The number of hydrogen-bond acceptors (Lipinski definition) is 7. The van der Waals surface area contributed by atoms with Gasteiger partial charge >= 0.3 is 5.76 Å². The average Bonchev–Trinajstić information content (AvgIpc) is 3.28. The molecule has 0 bridgehead atoms. The van der Waals surface area contributed by atoms with Crippen LogP contribution >= 0.6 is 0 Å². The molecule has 3 aromatic heterocycles. The molecule has 3 heterocycles. The Labute approximate surface area is 193 Å². The maximum Gasteiger partial charge on any atom is 0.439 e. The molecule has 0 aliphatic heterocycles. The number of aromatic nitrogens is 3. The van der Waals surface area contributed by atoms with Crippen molar-refractivity contribution < 1.29 is 13.7 Å². The summed E-state index contributed by atoms with van der Waals surface area (Å²) < 4.78 is 17.2. The molecular weight excluding hydrogens is 434 g/mol. The summed E-state index contributed by atoms with van der Waals surface area (Å²) in [5.74, 6) is 0.398. The first-order valence-corrected chi connectivity index (χ1v) is 10.7. The molecule has 0 unspecified atom stereocenters. The zero-order valence-corrected chi connectivity index (χ0v) is 18.8. The third kappa shape index (κ3) is 3.79. The van der Waals surface area contributed by atoms with Crippen molar-refractivity contribution in [3.8, 4) is 28.6 Å². The Morgan fingerprint density at radius 3 is 2.56 bits per heavy atom. The summed E-state index contributed by atoms with van der Waals surface area (Å²) in [6.07, 6.45) is 1.05. The van der Waals surface area contributed by atoms with E-state index in [4.69, 9.17) is 9.15 Å². The van der Waals surface area contributed by atoms with E-state index in [1.165, 1.54) is 0 Å². The fourth-order valence-corrected chi connectivity index (χ4v) is 3.98. The summed E-state index contributed by atoms with van der Waals surface area (Å²) in [6.45, 7) is 5.56. The molecule has 5 aromatic rings. The molecule has 0 aliphatic rings. The van der Waals surface area contributed by atoms with Gasteiger partial charge in [0.05, 0.1) is 5.39 Å². The highest BCUT2D eigenvalue weighted by Crippen LogP contribution is 2.34. The summed E-state index contributed by atoms with van der Waals surface area (Å²) in [5, 5.41) is 4.21. The van der Waals surface area contributed by atoms with Crippen LogP contribution in [0.2, 0.25) is 0 Å². The van der Waals surface area contributed by atoms with E-state index >= 15 is 0 Å². The van der Waals surface area contributed by atoms with Gasteiger partial charge in [-0.1, -0.05) is 35.5 Å². The van der Waals surface area contributed by atoms with Crippen LogP contribution in [0.3, 0.4) is 0 Å². The summed E-state index contributed by atoms with van der Waals surface area (Å²) in [6, 6.07) is 16.7. The quantitative estimate of drug-likeness (QED) is 0.399. The first-order valence-electron chi connectivity index (χ1n) is 10.7. The SMILES string of the molecule is Cc1cc([C@@H](C)Oc2cccnc2-c2noc(=O)[nH]2)c2oc(-c3ccccc3)c(C)c(=O)c2c1. The number of nitrogens with zero attached hydrogens (tertiary/aromatic N) is 2. The Balaban J connectivity index is 1.64. The second-order valence-corrected chi connectivity index (χ2v) is 8.04. The molecule has 2 aromatic carbocycles. The minimum atomic E-state index is -0.685. The second-order valence-electron chi connectivity index (χ2n) is 8.04. The first kappa shape index (κ1) is 21.4. The molecule has 1 N–H and O–H groups in total. The highest BCUT2D eigenvalue weighted by Gasteiger charge is 2.21. The Hall–Kier alpha value is -4.46. The number of rotatable bonds is 5. The number of ether oxygens (including phenoxy) is 1. The molecule has 0 saturated heterocycles. The van der Waals surface area contributed by atoms with Gasteiger partial charge in [0, 0.05) is 22.9 Å². The van der Waals surface area contributed by atoms with Crippen LogP contribution < -0.4 is 15.9 Å². The zero-order chi connectivity index (χ0) is 23.8. The molecule has 0 spiro atoms. The van der Waals surface area contributed by atoms with Crippen molar-refractivity contribution in [1.82, 2.24) is 15.1 Å². The monoisotopic (exact) mass is 455 g/mol. The van der Waals surface area contributed by atoms with Crippen LogP contribution in [-0.4, -0.2) is 15.1 Å². The van der Waals surface area contributed by atoms with Gasteiger partial charge in [0.15, 0.2) is 11.1 Å². The van der Waals surface area contributed by atoms with Gasteiger partial charge in [-0.05, 0) is 50.6 Å². The Kier molecular flexibility index (Phi) is 5.33. The van der Waals surface area contributed by atoms with E-state index in [0.717, 1.165) is 11.1 Å². The maximum atomic E-state index is 13.3. The molecule has 0 fully saturated rings. The van der Waals surface area contributed by atoms with E-state index in [9.17, 15) is 9.59 Å². The van der Waals surface area contributed by atoms with Crippen molar-refractivity contribution in [3.05, 3.63) is 98.3 Å². The Morgan fingerprint density at radius 2 is 1.82 bits per heavy atom. The van der Waals surface area contributed by atoms with Gasteiger partial charge in [0.1, 0.15) is 23.2 Å². The lowest BCUT2D eigenvalue weighted by Crippen LogP contribution is -2.11. The first-order chi connectivity index (χ1) is 16.4. The van der Waals surface area contributed by atoms with Gasteiger partial charge < -0.3 is 9.15 Å². The molecule has 0 saturated carbocycles. The number of nitrogens with one attached hydrogen (secondary N) is 1. The number of aromatic amines is 1. The molecule has 8 heteroatoms. The largest absolute Gasteiger partial charge is 0.483 e. The van der Waals surface area contributed by atoms with Crippen LogP contribution in [0.25, 0.3) is 33.8 Å². The normalized spacial score (nSPS) is 12.1. The Morgan fingerprint density at radius 1 is 1.03 bits per heavy atom. The fraction of sp³-hybridized carbons (Fsp3) is 0.154. The van der Waals surface area contributed by atoms with Crippen molar-refractivity contribution in [2.75, 3.05) is 0 Å². The van der Waals surface area contributed by atoms with E-state index in [1.807, 2.05) is 56.3 Å². The molecule has 170 valence electrons. The van der Waals surface area contributed by atoms with Crippen LogP contribution in [0.15, 0.2) is 79.3 Å². The van der Waals surface area contributed by atoms with Crippen LogP contribution in [0.5, 0.6) is 5.75 Å². The van der Waals surface area contributed by atoms with Crippen LogP contribution in [0, 0.1) is 13.8 Å². The number of H-pyrrole nitrogens is 1. The highest BCUT2D eigenvalue weighted by atomic mass is 16.5. The third-order valence-electron chi connectivity index (χ3n) is 5.60. The van der Waals surface area contributed by atoms with Gasteiger partial charge in [0.2, 0.25) is 5.82 Å². The minimum Gasteiger partial charge on any atom is -0.483 e. The molecule has 34 heavy (non-hydrogen) atoms. The highest BCUT2D eigenvalue weighted by molar-refractivity contribution is 5.84. The fourth-order valence-electron chi connectivity index (χ4n) is 3.98. The number of benzene rings is 2. The van der Waals surface area contributed by atoms with Crippen molar-refractivity contribution >= 4 is 11.0 Å². The predicted octanol–water partition coefficient (Wildman–Crippen LogP) is 4.96. The van der Waals surface area contributed by atoms with E-state index in [0.29, 0.717) is 39.3 Å². The number of hydrogen-bond donors (Lipinski definition) is 1. The van der Waals surface area contributed by atoms with Gasteiger partial charge in [-0.3, -0.25) is 14.3 Å². The van der Waals surface area contributed by atoms with E-state index in [1.54, 1.807) is 25.3 Å². The number of pyridine rings is 1. The van der Waals surface area contributed by atoms with Crippen molar-refractivity contribution in [2.24, 2.45) is 0 Å². The third-order valence-corrected chi connectivity index (χ3v) is 5.60. The van der Waals surface area contributed by atoms with Gasteiger partial charge in [-0.2, -0.15) is 0 Å². The van der Waals surface area contributed by atoms with Gasteiger partial charge in [-0.25, -0.2) is 9.78 Å². The summed E-state index contributed by atoms with van der Waals surface area (Å²) in [5.41, 5.74) is 3.71. The lowest BCUT2D eigenvalue weighted by Gasteiger charge is -2.19. The molecular formula is C26H21N3O5. The van der Waals surface area contributed by atoms with Crippen molar-refractivity contribution in [2.45, 2.75) is 26.9 Å². The van der Waals surface area contributed by atoms with Crippen molar-refractivity contribution in [3.63, 3.8) is 0 Å². The minimum absolute atomic E-state index is 0.0838. The molecule has 1 atom stereocenters. The molecule has 8 nitrogen and oxygen atoms in total. The summed E-state index contributed by atoms with van der Waals surface area (Å²) in [4.78, 5) is 31.5. The molecule has 0 amide bonds. The second kappa shape index (κ2) is 8.47. The molecule has 0 aliphatic carbocycles.